The van der Waals surface area contributed by atoms with Crippen molar-refractivity contribution in [3.63, 3.8) is 0 Å². The van der Waals surface area contributed by atoms with E-state index in [0.717, 1.165) is 9.24 Å². The minimum Gasteiger partial charge on any atom is -0.335 e. The molecule has 0 aliphatic heterocycles. The first kappa shape index (κ1) is 8.49. The van der Waals surface area contributed by atoms with Crippen LogP contribution >= 0.6 is 0 Å². The van der Waals surface area contributed by atoms with Gasteiger partial charge in [0, 0.05) is 19.4 Å². The number of nitrogen functional groups attached to an aromatic ring is 1. The highest BCUT2D eigenvalue weighted by atomic mass is 16.2. The first-order valence-corrected chi connectivity index (χ1v) is 3.94. The molecule has 0 spiro atoms. The molecule has 6 nitrogen and oxygen atoms in total. The number of aromatic nitrogens is 3. The van der Waals surface area contributed by atoms with Gasteiger partial charge in [0.15, 0.2) is 0 Å². The lowest BCUT2D eigenvalue weighted by Gasteiger charge is -2.05. The van der Waals surface area contributed by atoms with Gasteiger partial charge in [-0.1, -0.05) is 0 Å². The average Bonchev–Trinajstić information content (AvgIpc) is 2.23. The molecule has 0 saturated carbocycles. The minimum atomic E-state index is -0.547. The zero-order chi connectivity index (χ0) is 10.3. The van der Waals surface area contributed by atoms with E-state index >= 15 is 0 Å². The molecule has 0 bridgehead atoms. The fourth-order valence-electron chi connectivity index (χ4n) is 1.29. The smallest absolute Gasteiger partial charge is 0.335 e. The van der Waals surface area contributed by atoms with E-state index in [1.54, 1.807) is 0 Å². The Morgan fingerprint density at radius 2 is 2.14 bits per heavy atom. The van der Waals surface area contributed by atoms with E-state index in [9.17, 15) is 9.59 Å². The molecule has 0 radical (unpaired) electrons. The van der Waals surface area contributed by atoms with Crippen LogP contribution in [0.5, 0.6) is 0 Å². The first-order chi connectivity index (χ1) is 6.63. The second-order valence-corrected chi connectivity index (χ2v) is 2.91. The topological polar surface area (TPSA) is 82.9 Å². The lowest BCUT2D eigenvalue weighted by atomic mass is 10.3. The van der Waals surface area contributed by atoms with Crippen molar-refractivity contribution in [2.75, 3.05) is 5.84 Å². The molecule has 0 saturated heterocycles. The molecule has 0 unspecified atom stereocenters. The number of pyridine rings is 1. The van der Waals surface area contributed by atoms with Gasteiger partial charge < -0.3 is 5.84 Å². The second kappa shape index (κ2) is 2.69. The maximum Gasteiger partial charge on any atom is 0.349 e. The van der Waals surface area contributed by atoms with Crippen molar-refractivity contribution >= 4 is 10.9 Å². The van der Waals surface area contributed by atoms with E-state index < -0.39 is 5.69 Å². The fraction of sp³-hybridized carbons (Fsp3) is 0.125. The predicted molar refractivity (Wildman–Crippen MR) is 51.4 cm³/mol. The van der Waals surface area contributed by atoms with Gasteiger partial charge in [-0.2, -0.15) is 0 Å². The molecule has 0 aromatic carbocycles. The van der Waals surface area contributed by atoms with E-state index in [4.69, 9.17) is 5.84 Å². The molecule has 0 aliphatic rings. The Balaban J connectivity index is 3.19. The van der Waals surface area contributed by atoms with Gasteiger partial charge in [0.1, 0.15) is 0 Å². The molecule has 72 valence electrons. The molecule has 6 heteroatoms. The lowest BCUT2D eigenvalue weighted by molar-refractivity contribution is 0.736. The zero-order valence-electron chi connectivity index (χ0n) is 7.47. The molecule has 2 heterocycles. The molecular weight excluding hydrogens is 184 g/mol. The van der Waals surface area contributed by atoms with Crippen LogP contribution in [0.3, 0.4) is 0 Å². The van der Waals surface area contributed by atoms with Gasteiger partial charge >= 0.3 is 5.69 Å². The summed E-state index contributed by atoms with van der Waals surface area (Å²) in [6.45, 7) is 0. The first-order valence-electron chi connectivity index (χ1n) is 3.94. The van der Waals surface area contributed by atoms with E-state index in [1.165, 1.54) is 25.5 Å². The van der Waals surface area contributed by atoms with E-state index in [2.05, 4.69) is 4.98 Å². The summed E-state index contributed by atoms with van der Waals surface area (Å²) in [5.74, 6) is 5.50. The summed E-state index contributed by atoms with van der Waals surface area (Å²) in [4.78, 5) is 26.7. The Bertz CT molecular complexity index is 611. The SMILES string of the molecule is Cn1c(=O)c2cnccc2n(N)c1=O. The maximum absolute atomic E-state index is 11.6. The van der Waals surface area contributed by atoms with Gasteiger partial charge in [-0.05, 0) is 6.07 Å². The van der Waals surface area contributed by atoms with Crippen LogP contribution in [0.1, 0.15) is 0 Å². The summed E-state index contributed by atoms with van der Waals surface area (Å²) in [6.07, 6.45) is 2.87. The molecule has 2 rings (SSSR count). The predicted octanol–water partition coefficient (Wildman–Crippen LogP) is -1.19. The number of rotatable bonds is 0. The quantitative estimate of drug-likeness (QED) is 0.532. The summed E-state index contributed by atoms with van der Waals surface area (Å²) in [7, 11) is 1.38. The van der Waals surface area contributed by atoms with Crippen LogP contribution in [0, 0.1) is 0 Å². The summed E-state index contributed by atoms with van der Waals surface area (Å²) in [5, 5.41) is 0.331. The van der Waals surface area contributed by atoms with Crippen LogP contribution in [0.2, 0.25) is 0 Å². The van der Waals surface area contributed by atoms with Crippen molar-refractivity contribution < 1.29 is 0 Å². The summed E-state index contributed by atoms with van der Waals surface area (Å²) < 4.78 is 1.88. The Labute approximate surface area is 78.2 Å². The average molecular weight is 192 g/mol. The molecule has 2 aromatic heterocycles. The third kappa shape index (κ3) is 0.936. The molecule has 0 fully saturated rings. The van der Waals surface area contributed by atoms with Crippen molar-refractivity contribution in [1.29, 1.82) is 0 Å². The Morgan fingerprint density at radius 1 is 1.43 bits per heavy atom. The van der Waals surface area contributed by atoms with Crippen molar-refractivity contribution in [3.8, 4) is 0 Å². The fourth-order valence-corrected chi connectivity index (χ4v) is 1.29. The Morgan fingerprint density at radius 3 is 2.86 bits per heavy atom. The van der Waals surface area contributed by atoms with E-state index in [-0.39, 0.29) is 5.56 Å². The van der Waals surface area contributed by atoms with Gasteiger partial charge in [0.05, 0.1) is 10.9 Å². The molecule has 2 aromatic rings. The Hall–Kier alpha value is -2.11. The number of hydrogen-bond donors (Lipinski definition) is 1. The largest absolute Gasteiger partial charge is 0.349 e. The van der Waals surface area contributed by atoms with Gasteiger partial charge in [0.2, 0.25) is 0 Å². The molecule has 0 aliphatic carbocycles. The number of fused-ring (bicyclic) bond motifs is 1. The molecule has 2 N–H and O–H groups in total. The number of nitrogens with zero attached hydrogens (tertiary/aromatic N) is 3. The standard InChI is InChI=1S/C8H8N4O2/c1-11-7(13)5-4-10-3-2-6(5)12(9)8(11)14/h2-4H,9H2,1H3. The van der Waals surface area contributed by atoms with Crippen LogP contribution in [0.25, 0.3) is 10.9 Å². The van der Waals surface area contributed by atoms with E-state index in [0.29, 0.717) is 10.9 Å². The van der Waals surface area contributed by atoms with E-state index in [1.807, 2.05) is 0 Å². The highest BCUT2D eigenvalue weighted by Crippen LogP contribution is 2.01. The number of nitrogens with two attached hydrogens (primary N) is 1. The summed E-state index contributed by atoms with van der Waals surface area (Å²) in [6, 6.07) is 1.53. The van der Waals surface area contributed by atoms with Crippen molar-refractivity contribution in [1.82, 2.24) is 14.2 Å². The highest BCUT2D eigenvalue weighted by molar-refractivity contribution is 5.76. The monoisotopic (exact) mass is 192 g/mol. The van der Waals surface area contributed by atoms with Crippen LogP contribution in [-0.4, -0.2) is 14.2 Å². The summed E-state index contributed by atoms with van der Waals surface area (Å²) in [5.41, 5.74) is -0.554. The molecule has 14 heavy (non-hydrogen) atoms. The van der Waals surface area contributed by atoms with Crippen molar-refractivity contribution in [3.05, 3.63) is 39.3 Å². The minimum absolute atomic E-state index is 0.331. The van der Waals surface area contributed by atoms with Crippen LogP contribution < -0.4 is 17.1 Å². The third-order valence-corrected chi connectivity index (χ3v) is 2.09. The third-order valence-electron chi connectivity index (χ3n) is 2.09. The normalized spacial score (nSPS) is 10.6. The lowest BCUT2D eigenvalue weighted by Crippen LogP contribution is -2.41. The maximum atomic E-state index is 11.6. The molecule has 0 atom stereocenters. The van der Waals surface area contributed by atoms with Crippen molar-refractivity contribution in [2.24, 2.45) is 7.05 Å². The van der Waals surface area contributed by atoms with Crippen LogP contribution in [0.15, 0.2) is 28.0 Å². The zero-order valence-corrected chi connectivity index (χ0v) is 7.47. The highest BCUT2D eigenvalue weighted by Gasteiger charge is 2.07. The molecular formula is C8H8N4O2. The summed E-state index contributed by atoms with van der Waals surface area (Å²) >= 11 is 0. The number of hydrogen-bond acceptors (Lipinski definition) is 4. The Kier molecular flexibility index (Phi) is 1.63. The van der Waals surface area contributed by atoms with Crippen LogP contribution in [-0.2, 0) is 7.05 Å². The van der Waals surface area contributed by atoms with Gasteiger partial charge in [-0.15, -0.1) is 0 Å². The van der Waals surface area contributed by atoms with Gasteiger partial charge in [-0.25, -0.2) is 9.47 Å². The molecule has 0 amide bonds. The van der Waals surface area contributed by atoms with Crippen molar-refractivity contribution in [2.45, 2.75) is 0 Å². The van der Waals surface area contributed by atoms with Gasteiger partial charge in [0.25, 0.3) is 5.56 Å². The second-order valence-electron chi connectivity index (χ2n) is 2.91. The van der Waals surface area contributed by atoms with Crippen LogP contribution in [0.4, 0.5) is 0 Å². The van der Waals surface area contributed by atoms with Gasteiger partial charge in [-0.3, -0.25) is 14.3 Å².